The monoisotopic (exact) mass is 256 g/mol. The largest absolute Gasteiger partial charge is 0.379 e. The zero-order valence-electron chi connectivity index (χ0n) is 12.8. The third-order valence-electron chi connectivity index (χ3n) is 4.16. The average Bonchev–Trinajstić information content (AvgIpc) is 2.71. The lowest BCUT2D eigenvalue weighted by molar-refractivity contribution is 0.181. The fraction of sp³-hybridized carbons (Fsp3) is 1.00. The van der Waals surface area contributed by atoms with Crippen LogP contribution in [0.15, 0.2) is 0 Å². The van der Waals surface area contributed by atoms with Gasteiger partial charge in [0.1, 0.15) is 0 Å². The van der Waals surface area contributed by atoms with Crippen molar-refractivity contribution in [2.45, 2.75) is 40.7 Å². The van der Waals surface area contributed by atoms with E-state index in [2.05, 4.69) is 45.3 Å². The number of rotatable bonds is 8. The van der Waals surface area contributed by atoms with Crippen molar-refractivity contribution in [3.63, 3.8) is 0 Å². The molecule has 1 aliphatic rings. The van der Waals surface area contributed by atoms with Gasteiger partial charge in [0.05, 0.1) is 13.2 Å². The van der Waals surface area contributed by atoms with E-state index < -0.39 is 0 Å². The summed E-state index contributed by atoms with van der Waals surface area (Å²) in [5.74, 6) is 2.90. The van der Waals surface area contributed by atoms with Crippen LogP contribution in [0.25, 0.3) is 0 Å². The fourth-order valence-corrected chi connectivity index (χ4v) is 2.96. The normalized spacial score (nSPS) is 24.7. The first-order chi connectivity index (χ1) is 8.56. The number of hydrogen-bond acceptors (Lipinski definition) is 3. The lowest BCUT2D eigenvalue weighted by atomic mass is 9.85. The minimum Gasteiger partial charge on any atom is -0.379 e. The molecule has 2 unspecified atom stereocenters. The predicted molar refractivity (Wildman–Crippen MR) is 77.8 cm³/mol. The Labute approximate surface area is 113 Å². The molecule has 1 aliphatic heterocycles. The summed E-state index contributed by atoms with van der Waals surface area (Å²) in [6, 6.07) is 0.541. The highest BCUT2D eigenvalue weighted by atomic mass is 16.5. The zero-order valence-corrected chi connectivity index (χ0v) is 12.8. The van der Waals surface area contributed by atoms with Gasteiger partial charge >= 0.3 is 0 Å². The summed E-state index contributed by atoms with van der Waals surface area (Å²) < 4.78 is 5.57. The summed E-state index contributed by atoms with van der Waals surface area (Å²) in [5, 5.41) is 7.17. The van der Waals surface area contributed by atoms with E-state index in [1.54, 1.807) is 0 Å². The molecule has 0 bridgehead atoms. The highest BCUT2D eigenvalue weighted by Crippen LogP contribution is 2.20. The molecular weight excluding hydrogens is 224 g/mol. The molecule has 1 rings (SSSR count). The Morgan fingerprint density at radius 3 is 2.33 bits per heavy atom. The van der Waals surface area contributed by atoms with E-state index in [0.29, 0.717) is 12.0 Å². The minimum atomic E-state index is 0.541. The predicted octanol–water partition coefficient (Wildman–Crippen LogP) is 2.13. The van der Waals surface area contributed by atoms with Gasteiger partial charge in [-0.05, 0) is 30.8 Å². The first-order valence-electron chi connectivity index (χ1n) is 7.58. The lowest BCUT2D eigenvalue weighted by Crippen LogP contribution is -2.41. The molecule has 1 heterocycles. The van der Waals surface area contributed by atoms with Crippen molar-refractivity contribution in [3.8, 4) is 0 Å². The molecular formula is C15H32N2O. The van der Waals surface area contributed by atoms with Crippen molar-refractivity contribution in [2.24, 2.45) is 23.7 Å². The second-order valence-electron chi connectivity index (χ2n) is 6.27. The maximum atomic E-state index is 5.57. The molecule has 0 saturated carbocycles. The molecule has 2 N–H and O–H groups in total. The summed E-state index contributed by atoms with van der Waals surface area (Å²) in [5.41, 5.74) is 0. The molecule has 108 valence electrons. The zero-order chi connectivity index (χ0) is 13.5. The van der Waals surface area contributed by atoms with Gasteiger partial charge in [-0.25, -0.2) is 0 Å². The van der Waals surface area contributed by atoms with Gasteiger partial charge in [0.15, 0.2) is 0 Å². The Morgan fingerprint density at radius 1 is 1.11 bits per heavy atom. The van der Waals surface area contributed by atoms with Crippen molar-refractivity contribution in [2.75, 3.05) is 32.8 Å². The van der Waals surface area contributed by atoms with Crippen LogP contribution in [0.1, 0.15) is 34.6 Å². The molecule has 0 aromatic heterocycles. The summed E-state index contributed by atoms with van der Waals surface area (Å²) in [4.78, 5) is 0. The van der Waals surface area contributed by atoms with Crippen LogP contribution < -0.4 is 10.6 Å². The summed E-state index contributed by atoms with van der Waals surface area (Å²) in [6.45, 7) is 16.5. The van der Waals surface area contributed by atoms with E-state index in [9.17, 15) is 0 Å². The first kappa shape index (κ1) is 15.9. The molecule has 18 heavy (non-hydrogen) atoms. The van der Waals surface area contributed by atoms with Gasteiger partial charge in [-0.3, -0.25) is 0 Å². The molecule has 0 amide bonds. The molecule has 0 radical (unpaired) electrons. The van der Waals surface area contributed by atoms with Crippen LogP contribution in [0.2, 0.25) is 0 Å². The molecule has 0 aliphatic carbocycles. The lowest BCUT2D eigenvalue weighted by Gasteiger charge is -2.26. The van der Waals surface area contributed by atoms with Gasteiger partial charge in [0.2, 0.25) is 0 Å². The SMILES string of the molecule is CCNC1COCC1CNCC(C(C)C)C(C)C. The molecule has 2 atom stereocenters. The van der Waals surface area contributed by atoms with Crippen molar-refractivity contribution in [1.82, 2.24) is 10.6 Å². The fourth-order valence-electron chi connectivity index (χ4n) is 2.96. The third kappa shape index (κ3) is 4.87. The Balaban J connectivity index is 2.27. The van der Waals surface area contributed by atoms with Gasteiger partial charge in [-0.15, -0.1) is 0 Å². The van der Waals surface area contributed by atoms with Crippen LogP contribution in [-0.2, 0) is 4.74 Å². The molecule has 0 spiro atoms. The summed E-state index contributed by atoms with van der Waals surface area (Å²) in [7, 11) is 0. The Kier molecular flexibility index (Phi) is 7.20. The van der Waals surface area contributed by atoms with Gasteiger partial charge in [0.25, 0.3) is 0 Å². The van der Waals surface area contributed by atoms with E-state index in [4.69, 9.17) is 4.74 Å². The Morgan fingerprint density at radius 2 is 1.78 bits per heavy atom. The third-order valence-corrected chi connectivity index (χ3v) is 4.16. The van der Waals surface area contributed by atoms with Gasteiger partial charge in [-0.1, -0.05) is 34.6 Å². The van der Waals surface area contributed by atoms with E-state index in [0.717, 1.165) is 50.6 Å². The Bertz CT molecular complexity index is 211. The van der Waals surface area contributed by atoms with Gasteiger partial charge < -0.3 is 15.4 Å². The molecule has 1 saturated heterocycles. The van der Waals surface area contributed by atoms with E-state index in [1.807, 2.05) is 0 Å². The number of ether oxygens (including phenoxy) is 1. The van der Waals surface area contributed by atoms with Crippen LogP contribution in [0.4, 0.5) is 0 Å². The summed E-state index contributed by atoms with van der Waals surface area (Å²) >= 11 is 0. The highest BCUT2D eigenvalue weighted by Gasteiger charge is 2.27. The minimum absolute atomic E-state index is 0.541. The smallest absolute Gasteiger partial charge is 0.0623 e. The van der Waals surface area contributed by atoms with E-state index >= 15 is 0 Å². The van der Waals surface area contributed by atoms with Crippen molar-refractivity contribution in [1.29, 1.82) is 0 Å². The van der Waals surface area contributed by atoms with Crippen molar-refractivity contribution < 1.29 is 4.74 Å². The molecule has 1 fully saturated rings. The molecule has 0 aromatic carbocycles. The molecule has 3 heteroatoms. The number of nitrogens with one attached hydrogen (secondary N) is 2. The maximum Gasteiger partial charge on any atom is 0.0623 e. The number of hydrogen-bond donors (Lipinski definition) is 2. The van der Waals surface area contributed by atoms with Crippen LogP contribution in [0.3, 0.4) is 0 Å². The van der Waals surface area contributed by atoms with Crippen molar-refractivity contribution >= 4 is 0 Å². The van der Waals surface area contributed by atoms with Crippen LogP contribution >= 0.6 is 0 Å². The standard InChI is InChI=1S/C15H32N2O/c1-6-17-15-10-18-9-13(15)7-16-8-14(11(2)3)12(4)5/h11-17H,6-10H2,1-5H3. The van der Waals surface area contributed by atoms with Crippen LogP contribution in [0.5, 0.6) is 0 Å². The highest BCUT2D eigenvalue weighted by molar-refractivity contribution is 4.83. The van der Waals surface area contributed by atoms with Crippen molar-refractivity contribution in [3.05, 3.63) is 0 Å². The Hall–Kier alpha value is -0.120. The topological polar surface area (TPSA) is 33.3 Å². The second kappa shape index (κ2) is 8.13. The average molecular weight is 256 g/mol. The van der Waals surface area contributed by atoms with Gasteiger partial charge in [-0.2, -0.15) is 0 Å². The van der Waals surface area contributed by atoms with Crippen LogP contribution in [0, 0.1) is 23.7 Å². The van der Waals surface area contributed by atoms with Crippen LogP contribution in [-0.4, -0.2) is 38.9 Å². The quantitative estimate of drug-likeness (QED) is 0.698. The molecule has 3 nitrogen and oxygen atoms in total. The first-order valence-corrected chi connectivity index (χ1v) is 7.58. The van der Waals surface area contributed by atoms with E-state index in [1.165, 1.54) is 0 Å². The maximum absolute atomic E-state index is 5.57. The number of likely N-dealkylation sites (N-methyl/N-ethyl adjacent to an activating group) is 1. The van der Waals surface area contributed by atoms with Gasteiger partial charge in [0, 0.05) is 18.5 Å². The summed E-state index contributed by atoms with van der Waals surface area (Å²) in [6.07, 6.45) is 0. The van der Waals surface area contributed by atoms with E-state index in [-0.39, 0.29) is 0 Å². The second-order valence-corrected chi connectivity index (χ2v) is 6.27. The molecule has 0 aromatic rings.